The maximum absolute atomic E-state index is 13.9. The summed E-state index contributed by atoms with van der Waals surface area (Å²) in [7, 11) is 0. The van der Waals surface area contributed by atoms with E-state index in [0.29, 0.717) is 13.3 Å². The second-order valence-corrected chi connectivity index (χ2v) is 11.7. The third kappa shape index (κ3) is 9.45. The smallest absolute Gasteiger partial charge is 0.376 e. The lowest BCUT2D eigenvalue weighted by Gasteiger charge is -2.37. The van der Waals surface area contributed by atoms with E-state index in [-0.39, 0.29) is 12.8 Å². The highest BCUT2D eigenvalue weighted by Gasteiger charge is 2.46. The molecule has 0 aromatic carbocycles. The lowest BCUT2D eigenvalue weighted by atomic mass is 9.72. The number of carbonyl (C=O) groups excluding carboxylic acids is 4. The van der Waals surface area contributed by atoms with E-state index in [9.17, 15) is 32.3 Å². The van der Waals surface area contributed by atoms with Crippen LogP contribution in [0, 0.1) is 10.8 Å². The first kappa shape index (κ1) is 33.7. The number of alkyl halides is 3. The van der Waals surface area contributed by atoms with Gasteiger partial charge in [-0.05, 0) is 79.6 Å². The summed E-state index contributed by atoms with van der Waals surface area (Å²) in [6, 6.07) is 0. The largest absolute Gasteiger partial charge is 0.459 e. The molecule has 0 aliphatic heterocycles. The molecule has 8 nitrogen and oxygen atoms in total. The van der Waals surface area contributed by atoms with E-state index in [4.69, 9.17) is 14.2 Å². The molecular weight excluding hydrogens is 509 g/mol. The number of esters is 4. The highest BCUT2D eigenvalue weighted by atomic mass is 19.3. The van der Waals surface area contributed by atoms with Crippen molar-refractivity contribution in [1.29, 1.82) is 0 Å². The van der Waals surface area contributed by atoms with E-state index < -0.39 is 71.2 Å². The molecule has 11 heteroatoms. The summed E-state index contributed by atoms with van der Waals surface area (Å²) in [4.78, 5) is 49.8. The van der Waals surface area contributed by atoms with Crippen LogP contribution < -0.4 is 0 Å². The molecule has 1 fully saturated rings. The Balaban J connectivity index is 3.02. The Morgan fingerprint density at radius 1 is 0.789 bits per heavy atom. The van der Waals surface area contributed by atoms with Crippen LogP contribution in [-0.2, 0) is 38.1 Å². The van der Waals surface area contributed by atoms with Gasteiger partial charge >= 0.3 is 29.8 Å². The number of ether oxygens (including phenoxy) is 4. The van der Waals surface area contributed by atoms with Crippen molar-refractivity contribution in [3.8, 4) is 0 Å². The maximum atomic E-state index is 13.9. The van der Waals surface area contributed by atoms with E-state index in [0.717, 1.165) is 39.5 Å². The zero-order valence-electron chi connectivity index (χ0n) is 23.8. The lowest BCUT2D eigenvalue weighted by molar-refractivity contribution is -0.186. The van der Waals surface area contributed by atoms with Crippen LogP contribution in [0.1, 0.15) is 100 Å². The van der Waals surface area contributed by atoms with Gasteiger partial charge in [0.25, 0.3) is 0 Å². The number of hydrogen-bond donors (Lipinski definition) is 0. The van der Waals surface area contributed by atoms with E-state index in [2.05, 4.69) is 4.74 Å². The van der Waals surface area contributed by atoms with Crippen LogP contribution in [0.2, 0.25) is 0 Å². The van der Waals surface area contributed by atoms with E-state index in [1.54, 1.807) is 27.7 Å². The Morgan fingerprint density at radius 3 is 1.71 bits per heavy atom. The Bertz CT molecular complexity index is 823. The SMILES string of the molecule is CCC1(OC(=O)C(C)(C)CC(C)(CC)C(=O)OC(COC(=O)C(C)(C)F)COC(=O)C(C)(F)F)CCCC1. The molecule has 0 spiro atoms. The van der Waals surface area contributed by atoms with Gasteiger partial charge in [-0.15, -0.1) is 0 Å². The molecule has 1 aliphatic carbocycles. The molecule has 1 aliphatic rings. The fourth-order valence-electron chi connectivity index (χ4n) is 4.32. The van der Waals surface area contributed by atoms with Gasteiger partial charge in [0.2, 0.25) is 5.67 Å². The molecule has 2 atom stereocenters. The molecule has 0 N–H and O–H groups in total. The molecule has 0 saturated heterocycles. The van der Waals surface area contributed by atoms with Gasteiger partial charge in [0.15, 0.2) is 6.10 Å². The summed E-state index contributed by atoms with van der Waals surface area (Å²) in [5.41, 5.74) is -5.19. The minimum atomic E-state index is -3.80. The number of carbonyl (C=O) groups is 4. The monoisotopic (exact) mass is 552 g/mol. The third-order valence-electron chi connectivity index (χ3n) is 7.04. The van der Waals surface area contributed by atoms with Crippen LogP contribution in [0.4, 0.5) is 13.2 Å². The minimum absolute atomic E-state index is 0.0325. The molecule has 1 rings (SSSR count). The lowest BCUT2D eigenvalue weighted by Crippen LogP contribution is -2.44. The van der Waals surface area contributed by atoms with Crippen LogP contribution in [0.5, 0.6) is 0 Å². The molecule has 0 heterocycles. The molecule has 0 amide bonds. The van der Waals surface area contributed by atoms with E-state index in [1.165, 1.54) is 0 Å². The summed E-state index contributed by atoms with van der Waals surface area (Å²) in [6.07, 6.45) is 2.98. The van der Waals surface area contributed by atoms with Crippen LogP contribution in [0.15, 0.2) is 0 Å². The van der Waals surface area contributed by atoms with Crippen molar-refractivity contribution in [3.05, 3.63) is 0 Å². The Kier molecular flexibility index (Phi) is 11.2. The van der Waals surface area contributed by atoms with Gasteiger partial charge in [0.05, 0.1) is 10.8 Å². The summed E-state index contributed by atoms with van der Waals surface area (Å²) in [5.74, 6) is -8.21. The van der Waals surface area contributed by atoms with Gasteiger partial charge in [-0.25, -0.2) is 14.0 Å². The highest BCUT2D eigenvalue weighted by molar-refractivity contribution is 5.81. The fourth-order valence-corrected chi connectivity index (χ4v) is 4.32. The van der Waals surface area contributed by atoms with Crippen molar-refractivity contribution in [3.63, 3.8) is 0 Å². The molecule has 0 aromatic heterocycles. The number of halogens is 3. The molecule has 220 valence electrons. The van der Waals surface area contributed by atoms with Gasteiger partial charge in [0, 0.05) is 6.92 Å². The normalized spacial score (nSPS) is 18.2. The van der Waals surface area contributed by atoms with Gasteiger partial charge in [-0.1, -0.05) is 13.8 Å². The topological polar surface area (TPSA) is 105 Å². The standard InChI is InChI=1S/C27H43F3O8/c1-9-25(7,17-23(3,4)19(31)38-27(10-2)13-11-12-14-27)21(33)37-18(15-35-20(32)24(5,6)28)16-36-22(34)26(8,29)30/h18H,9-17H2,1-8H3. The molecular formula is C27H43F3O8. The first-order valence-corrected chi connectivity index (χ1v) is 13.1. The average Bonchev–Trinajstić information content (AvgIpc) is 3.27. The quantitative estimate of drug-likeness (QED) is 0.206. The average molecular weight is 553 g/mol. The van der Waals surface area contributed by atoms with Gasteiger partial charge in [-0.3, -0.25) is 9.59 Å². The van der Waals surface area contributed by atoms with Crippen molar-refractivity contribution >= 4 is 23.9 Å². The van der Waals surface area contributed by atoms with Crippen LogP contribution in [0.3, 0.4) is 0 Å². The number of rotatable bonds is 14. The van der Waals surface area contributed by atoms with E-state index >= 15 is 0 Å². The van der Waals surface area contributed by atoms with Crippen LogP contribution in [-0.4, -0.2) is 60.4 Å². The number of hydrogen-bond acceptors (Lipinski definition) is 8. The van der Waals surface area contributed by atoms with E-state index in [1.807, 2.05) is 6.92 Å². The Morgan fingerprint density at radius 2 is 1.29 bits per heavy atom. The van der Waals surface area contributed by atoms with Crippen molar-refractivity contribution in [2.75, 3.05) is 13.2 Å². The van der Waals surface area contributed by atoms with Gasteiger partial charge < -0.3 is 18.9 Å². The highest BCUT2D eigenvalue weighted by Crippen LogP contribution is 2.42. The Hall–Kier alpha value is -2.33. The summed E-state index contributed by atoms with van der Waals surface area (Å²) >= 11 is 0. The second kappa shape index (κ2) is 12.7. The predicted octanol–water partition coefficient (Wildman–Crippen LogP) is 5.49. The second-order valence-electron chi connectivity index (χ2n) is 11.7. The van der Waals surface area contributed by atoms with Gasteiger partial charge in [-0.2, -0.15) is 8.78 Å². The molecule has 0 radical (unpaired) electrons. The maximum Gasteiger partial charge on any atom is 0.376 e. The van der Waals surface area contributed by atoms with Gasteiger partial charge in [0.1, 0.15) is 18.8 Å². The molecule has 0 aromatic rings. The molecule has 0 bridgehead atoms. The predicted molar refractivity (Wildman–Crippen MR) is 132 cm³/mol. The third-order valence-corrected chi connectivity index (χ3v) is 7.04. The first-order chi connectivity index (χ1) is 17.2. The molecule has 2 unspecified atom stereocenters. The van der Waals surface area contributed by atoms with Crippen molar-refractivity contribution in [1.82, 2.24) is 0 Å². The molecule has 1 saturated carbocycles. The summed E-state index contributed by atoms with van der Waals surface area (Å²) in [6.45, 7) is 9.27. The minimum Gasteiger partial charge on any atom is -0.459 e. The summed E-state index contributed by atoms with van der Waals surface area (Å²) < 4.78 is 61.1. The molecule has 38 heavy (non-hydrogen) atoms. The fraction of sp³-hybridized carbons (Fsp3) is 0.852. The zero-order valence-corrected chi connectivity index (χ0v) is 23.8. The van der Waals surface area contributed by atoms with Crippen molar-refractivity contribution in [2.24, 2.45) is 10.8 Å². The van der Waals surface area contributed by atoms with Crippen molar-refractivity contribution < 1.29 is 51.3 Å². The van der Waals surface area contributed by atoms with Crippen molar-refractivity contribution in [2.45, 2.75) is 124 Å². The van der Waals surface area contributed by atoms with Crippen LogP contribution in [0.25, 0.3) is 0 Å². The Labute approximate surface area is 223 Å². The first-order valence-electron chi connectivity index (χ1n) is 13.1. The van der Waals surface area contributed by atoms with Crippen LogP contribution >= 0.6 is 0 Å². The summed E-state index contributed by atoms with van der Waals surface area (Å²) in [5, 5.41) is 0. The zero-order chi connectivity index (χ0) is 29.6.